The first-order valence-corrected chi connectivity index (χ1v) is 19.0. The van der Waals surface area contributed by atoms with Crippen LogP contribution in [0.15, 0.2) is 124 Å². The molecular formula is C42H35BrClN3O3S. The molecule has 1 saturated heterocycles. The first-order chi connectivity index (χ1) is 24.9. The van der Waals surface area contributed by atoms with E-state index in [1.165, 1.54) is 39.7 Å². The van der Waals surface area contributed by atoms with Crippen LogP contribution < -0.4 is 19.7 Å². The average molecular weight is 777 g/mol. The number of rotatable bonds is 8. The van der Waals surface area contributed by atoms with Gasteiger partial charge >= 0.3 is 0 Å². The lowest BCUT2D eigenvalue weighted by atomic mass is 9.76. The monoisotopic (exact) mass is 775 g/mol. The van der Waals surface area contributed by atoms with Crippen molar-refractivity contribution in [3.05, 3.63) is 157 Å². The van der Waals surface area contributed by atoms with Gasteiger partial charge in [-0.3, -0.25) is 4.79 Å². The van der Waals surface area contributed by atoms with Gasteiger partial charge in [-0.05, 0) is 116 Å². The Morgan fingerprint density at radius 1 is 0.902 bits per heavy atom. The van der Waals surface area contributed by atoms with Crippen molar-refractivity contribution in [2.45, 2.75) is 31.3 Å². The summed E-state index contributed by atoms with van der Waals surface area (Å²) in [5, 5.41) is 4.25. The van der Waals surface area contributed by atoms with Crippen LogP contribution in [0.2, 0.25) is 5.02 Å². The molecule has 51 heavy (non-hydrogen) atoms. The van der Waals surface area contributed by atoms with Gasteiger partial charge in [0.2, 0.25) is 0 Å². The lowest BCUT2D eigenvalue weighted by Crippen LogP contribution is -2.37. The lowest BCUT2D eigenvalue weighted by Gasteiger charge is -2.43. The summed E-state index contributed by atoms with van der Waals surface area (Å²) in [6.07, 6.45) is 3.95. The van der Waals surface area contributed by atoms with Crippen molar-refractivity contribution in [3.8, 4) is 11.5 Å². The number of hydrogen-bond acceptors (Lipinski definition) is 6. The van der Waals surface area contributed by atoms with Crippen LogP contribution >= 0.6 is 39.3 Å². The summed E-state index contributed by atoms with van der Waals surface area (Å²) in [6.45, 7) is 2.42. The second-order valence-electron chi connectivity index (χ2n) is 12.9. The van der Waals surface area contributed by atoms with Crippen molar-refractivity contribution >= 4 is 67.8 Å². The number of amides is 1. The maximum Gasteiger partial charge on any atom is 0.264 e. The topological polar surface area (TPSA) is 63.2 Å². The third kappa shape index (κ3) is 7.05. The highest BCUT2D eigenvalue weighted by Gasteiger charge is 2.35. The van der Waals surface area contributed by atoms with Gasteiger partial charge < -0.3 is 19.7 Å². The van der Waals surface area contributed by atoms with Crippen LogP contribution in [-0.4, -0.2) is 31.3 Å². The SMILES string of the molecule is COc1cc(/C=C2\SC(=Nc3cc4c5c(c3)[C@@H](c3ccccc3)CCN5CC[C@@H]4c3ccccc3)NC2=O)cc(Br)c1OCc1ccc(Cl)cc1. The van der Waals surface area contributed by atoms with Gasteiger partial charge in [0.15, 0.2) is 16.7 Å². The van der Waals surface area contributed by atoms with Gasteiger partial charge in [0, 0.05) is 35.6 Å². The molecule has 0 aromatic heterocycles. The zero-order valence-electron chi connectivity index (χ0n) is 27.9. The number of carbonyl (C=O) groups excluding carboxylic acids is 1. The van der Waals surface area contributed by atoms with E-state index in [-0.39, 0.29) is 17.7 Å². The van der Waals surface area contributed by atoms with Crippen molar-refractivity contribution in [1.82, 2.24) is 5.32 Å². The number of carbonyl (C=O) groups is 1. The van der Waals surface area contributed by atoms with E-state index in [0.717, 1.165) is 47.2 Å². The summed E-state index contributed by atoms with van der Waals surface area (Å²) >= 11 is 11.0. The molecule has 3 aliphatic rings. The largest absolute Gasteiger partial charge is 0.493 e. The van der Waals surface area contributed by atoms with Crippen LogP contribution in [0.25, 0.3) is 6.08 Å². The smallest absolute Gasteiger partial charge is 0.264 e. The highest BCUT2D eigenvalue weighted by Crippen LogP contribution is 2.50. The molecule has 0 aliphatic carbocycles. The molecule has 1 N–H and O–H groups in total. The molecule has 9 heteroatoms. The summed E-state index contributed by atoms with van der Waals surface area (Å²) in [6, 6.07) is 37.4. The molecule has 2 atom stereocenters. The van der Waals surface area contributed by atoms with Gasteiger partial charge in [-0.25, -0.2) is 4.99 Å². The fourth-order valence-electron chi connectivity index (χ4n) is 7.35. The number of nitrogens with zero attached hydrogens (tertiary/aromatic N) is 2. The van der Waals surface area contributed by atoms with Crippen LogP contribution in [-0.2, 0) is 11.4 Å². The predicted molar refractivity (Wildman–Crippen MR) is 212 cm³/mol. The van der Waals surface area contributed by atoms with Crippen LogP contribution in [0, 0.1) is 0 Å². The number of halogens is 2. The van der Waals surface area contributed by atoms with Crippen molar-refractivity contribution in [2.24, 2.45) is 4.99 Å². The normalized spacial score (nSPS) is 19.6. The van der Waals surface area contributed by atoms with Gasteiger partial charge in [0.25, 0.3) is 5.91 Å². The first kappa shape index (κ1) is 33.6. The minimum absolute atomic E-state index is 0.188. The average Bonchev–Trinajstić information content (AvgIpc) is 3.49. The number of methoxy groups -OCH3 is 1. The Labute approximate surface area is 315 Å². The highest BCUT2D eigenvalue weighted by molar-refractivity contribution is 9.10. The van der Waals surface area contributed by atoms with Crippen LogP contribution in [0.4, 0.5) is 11.4 Å². The summed E-state index contributed by atoms with van der Waals surface area (Å²) in [4.78, 5) is 21.5. The van der Waals surface area contributed by atoms with E-state index in [2.05, 4.69) is 98.9 Å². The van der Waals surface area contributed by atoms with Crippen molar-refractivity contribution in [3.63, 3.8) is 0 Å². The maximum absolute atomic E-state index is 13.3. The van der Waals surface area contributed by atoms with Crippen molar-refractivity contribution in [2.75, 3.05) is 25.1 Å². The molecular weight excluding hydrogens is 742 g/mol. The third-order valence-electron chi connectivity index (χ3n) is 9.73. The molecule has 5 aromatic rings. The second kappa shape index (κ2) is 14.6. The molecule has 1 amide bonds. The number of hydrogen-bond donors (Lipinski definition) is 1. The number of aliphatic imine (C=N–C) groups is 1. The molecule has 0 saturated carbocycles. The molecule has 0 unspecified atom stereocenters. The second-order valence-corrected chi connectivity index (χ2v) is 15.2. The number of benzene rings is 5. The van der Waals surface area contributed by atoms with E-state index in [4.69, 9.17) is 26.1 Å². The summed E-state index contributed by atoms with van der Waals surface area (Å²) < 4.78 is 12.5. The molecule has 3 heterocycles. The summed E-state index contributed by atoms with van der Waals surface area (Å²) in [5.74, 6) is 1.50. The van der Waals surface area contributed by atoms with Crippen LogP contribution in [0.5, 0.6) is 11.5 Å². The number of nitrogens with one attached hydrogen (secondary N) is 1. The Balaban J connectivity index is 1.11. The quantitative estimate of drug-likeness (QED) is 0.159. The Bertz CT molecular complexity index is 2090. The van der Waals surface area contributed by atoms with E-state index >= 15 is 0 Å². The minimum Gasteiger partial charge on any atom is -0.493 e. The molecule has 0 bridgehead atoms. The number of ether oxygens (including phenoxy) is 2. The van der Waals surface area contributed by atoms with Crippen molar-refractivity contribution in [1.29, 1.82) is 0 Å². The standard InChI is InChI=1S/C42H35BrClN3O3S/c1-49-37-21-27(20-36(43)40(37)50-25-26-12-14-30(44)15-13-26)22-38-41(48)46-42(51-38)45-31-23-34-32(28-8-4-2-5-9-28)16-18-47-19-17-33(35(24-31)39(34)47)29-10-6-3-7-11-29/h2-15,20-24,32-33H,16-19,25H2,1H3,(H,45,46,48)/b38-22-/t32-,33-/m1/s1. The fourth-order valence-corrected chi connectivity index (χ4v) is 8.89. The molecule has 256 valence electrons. The van der Waals surface area contributed by atoms with Crippen molar-refractivity contribution < 1.29 is 14.3 Å². The molecule has 8 rings (SSSR count). The molecule has 6 nitrogen and oxygen atoms in total. The molecule has 0 radical (unpaired) electrons. The molecule has 0 spiro atoms. The Kier molecular flexibility index (Phi) is 9.64. The van der Waals surface area contributed by atoms with E-state index in [1.807, 2.05) is 42.5 Å². The van der Waals surface area contributed by atoms with E-state index in [0.29, 0.717) is 33.2 Å². The lowest BCUT2D eigenvalue weighted by molar-refractivity contribution is -0.115. The first-order valence-electron chi connectivity index (χ1n) is 17.0. The molecule has 5 aromatic carbocycles. The van der Waals surface area contributed by atoms with E-state index in [1.54, 1.807) is 7.11 Å². The van der Waals surface area contributed by atoms with Gasteiger partial charge in [-0.15, -0.1) is 0 Å². The number of thioether (sulfide) groups is 1. The zero-order chi connectivity index (χ0) is 34.9. The summed E-state index contributed by atoms with van der Waals surface area (Å²) in [5.41, 5.74) is 9.25. The van der Waals surface area contributed by atoms with Crippen LogP contribution in [0.1, 0.15) is 58.1 Å². The molecule has 1 fully saturated rings. The number of amidine groups is 1. The highest BCUT2D eigenvalue weighted by atomic mass is 79.9. The Morgan fingerprint density at radius 2 is 1.53 bits per heavy atom. The summed E-state index contributed by atoms with van der Waals surface area (Å²) in [7, 11) is 1.60. The van der Waals surface area contributed by atoms with E-state index < -0.39 is 0 Å². The maximum atomic E-state index is 13.3. The predicted octanol–water partition coefficient (Wildman–Crippen LogP) is 10.5. The van der Waals surface area contributed by atoms with E-state index in [9.17, 15) is 4.79 Å². The number of anilines is 1. The van der Waals surface area contributed by atoms with Gasteiger partial charge in [-0.1, -0.05) is 84.4 Å². The van der Waals surface area contributed by atoms with Gasteiger partial charge in [0.1, 0.15) is 6.61 Å². The Hall–Kier alpha value is -4.50. The molecule has 3 aliphatic heterocycles. The van der Waals surface area contributed by atoms with Gasteiger partial charge in [0.05, 0.1) is 22.2 Å². The Morgan fingerprint density at radius 3 is 2.14 bits per heavy atom. The minimum atomic E-state index is -0.188. The van der Waals surface area contributed by atoms with Gasteiger partial charge in [-0.2, -0.15) is 0 Å². The van der Waals surface area contributed by atoms with Crippen LogP contribution in [0.3, 0.4) is 0 Å². The third-order valence-corrected chi connectivity index (χ3v) is 11.5. The zero-order valence-corrected chi connectivity index (χ0v) is 31.1. The fraction of sp³-hybridized carbons (Fsp3) is 0.190.